The largest absolute Gasteiger partial charge is 0.399 e. The molecular weight excluding hydrogens is 386 g/mol. The summed E-state index contributed by atoms with van der Waals surface area (Å²) in [6.07, 6.45) is 0. The second-order valence-electron chi connectivity index (χ2n) is 7.17. The highest BCUT2D eigenvalue weighted by Gasteiger charge is 2.08. The van der Waals surface area contributed by atoms with Gasteiger partial charge in [-0.3, -0.25) is 9.59 Å². The molecule has 152 valence electrons. The van der Waals surface area contributed by atoms with Crippen LogP contribution in [0.25, 0.3) is 22.3 Å². The summed E-state index contributed by atoms with van der Waals surface area (Å²) in [5, 5.41) is 2.91. The second-order valence-corrected chi connectivity index (χ2v) is 7.17. The van der Waals surface area contributed by atoms with Gasteiger partial charge in [0.15, 0.2) is 0 Å². The van der Waals surface area contributed by atoms with E-state index in [4.69, 9.17) is 11.5 Å². The summed E-state index contributed by atoms with van der Waals surface area (Å²) in [5.41, 5.74) is 17.5. The molecule has 4 aromatic carbocycles. The first-order chi connectivity index (χ1) is 15.0. The summed E-state index contributed by atoms with van der Waals surface area (Å²) in [6, 6.07) is 29.6. The maximum atomic E-state index is 12.6. The van der Waals surface area contributed by atoms with E-state index in [9.17, 15) is 9.59 Å². The number of rotatable bonds is 5. The number of anilines is 2. The van der Waals surface area contributed by atoms with Crippen molar-refractivity contribution in [2.24, 2.45) is 5.73 Å². The Morgan fingerprint density at radius 3 is 1.39 bits per heavy atom. The van der Waals surface area contributed by atoms with Gasteiger partial charge in [-0.2, -0.15) is 0 Å². The Kier molecular flexibility index (Phi) is 5.49. The molecule has 5 nitrogen and oxygen atoms in total. The van der Waals surface area contributed by atoms with Crippen molar-refractivity contribution in [3.8, 4) is 22.3 Å². The number of benzene rings is 4. The van der Waals surface area contributed by atoms with Gasteiger partial charge >= 0.3 is 0 Å². The number of nitrogen functional groups attached to an aromatic ring is 1. The van der Waals surface area contributed by atoms with E-state index < -0.39 is 5.91 Å². The first-order valence-corrected chi connectivity index (χ1v) is 9.77. The Labute approximate surface area is 180 Å². The van der Waals surface area contributed by atoms with Crippen LogP contribution in [0.5, 0.6) is 0 Å². The van der Waals surface area contributed by atoms with Crippen LogP contribution in [0.4, 0.5) is 11.4 Å². The lowest BCUT2D eigenvalue weighted by Crippen LogP contribution is -2.11. The van der Waals surface area contributed by atoms with Crippen LogP contribution in [0.1, 0.15) is 20.7 Å². The van der Waals surface area contributed by atoms with Gasteiger partial charge in [0.2, 0.25) is 5.91 Å². The molecule has 0 aliphatic heterocycles. The first-order valence-electron chi connectivity index (χ1n) is 9.77. The third-order valence-corrected chi connectivity index (χ3v) is 5.04. The summed E-state index contributed by atoms with van der Waals surface area (Å²) in [6.45, 7) is 0. The fraction of sp³-hybridized carbons (Fsp3) is 0. The van der Waals surface area contributed by atoms with Crippen LogP contribution in [0.2, 0.25) is 0 Å². The number of primary amides is 1. The van der Waals surface area contributed by atoms with Gasteiger partial charge in [-0.05, 0) is 70.8 Å². The number of nitrogens with one attached hydrogen (secondary N) is 1. The minimum atomic E-state index is -0.458. The monoisotopic (exact) mass is 407 g/mol. The van der Waals surface area contributed by atoms with Gasteiger partial charge in [-0.15, -0.1) is 0 Å². The van der Waals surface area contributed by atoms with E-state index in [1.54, 1.807) is 24.3 Å². The number of hydrogen-bond acceptors (Lipinski definition) is 3. The van der Waals surface area contributed by atoms with Crippen LogP contribution in [-0.2, 0) is 0 Å². The van der Waals surface area contributed by atoms with Gasteiger partial charge in [0.05, 0.1) is 0 Å². The molecule has 5 heteroatoms. The molecule has 0 radical (unpaired) electrons. The van der Waals surface area contributed by atoms with Crippen LogP contribution >= 0.6 is 0 Å². The van der Waals surface area contributed by atoms with Crippen LogP contribution in [0.3, 0.4) is 0 Å². The van der Waals surface area contributed by atoms with Crippen molar-refractivity contribution in [1.29, 1.82) is 0 Å². The predicted octanol–water partition coefficient (Wildman–Crippen LogP) is 4.95. The number of amides is 2. The molecule has 0 aliphatic carbocycles. The Hall–Kier alpha value is -4.38. The fourth-order valence-electron chi connectivity index (χ4n) is 3.27. The maximum absolute atomic E-state index is 12.6. The van der Waals surface area contributed by atoms with Crippen molar-refractivity contribution in [2.45, 2.75) is 0 Å². The molecule has 4 rings (SSSR count). The van der Waals surface area contributed by atoms with Crippen molar-refractivity contribution in [1.82, 2.24) is 0 Å². The number of hydrogen-bond donors (Lipinski definition) is 3. The van der Waals surface area contributed by atoms with Crippen molar-refractivity contribution in [2.75, 3.05) is 11.1 Å². The average Bonchev–Trinajstić information content (AvgIpc) is 2.80. The van der Waals surface area contributed by atoms with Crippen molar-refractivity contribution < 1.29 is 9.59 Å². The average molecular weight is 407 g/mol. The van der Waals surface area contributed by atoms with E-state index in [1.807, 2.05) is 72.8 Å². The lowest BCUT2D eigenvalue weighted by molar-refractivity contribution is 0.0997. The quantitative estimate of drug-likeness (QED) is 0.408. The lowest BCUT2D eigenvalue weighted by atomic mass is 10.0. The molecule has 0 heterocycles. The van der Waals surface area contributed by atoms with Gasteiger partial charge in [-0.1, -0.05) is 48.5 Å². The molecule has 0 aromatic heterocycles. The van der Waals surface area contributed by atoms with E-state index in [2.05, 4.69) is 5.32 Å². The standard InChI is InChI=1S/C26H21N3O2/c27-23-13-9-19(10-14-23)20-11-15-24(16-12-20)29-26(31)22-7-3-18(4-8-22)17-1-5-21(6-2-17)25(28)30/h1-16H,27H2,(H2,28,30)(H,29,31). The highest BCUT2D eigenvalue weighted by Crippen LogP contribution is 2.24. The van der Waals surface area contributed by atoms with Gasteiger partial charge < -0.3 is 16.8 Å². The third-order valence-electron chi connectivity index (χ3n) is 5.04. The molecule has 0 saturated heterocycles. The predicted molar refractivity (Wildman–Crippen MR) is 125 cm³/mol. The number of carbonyl (C=O) groups is 2. The van der Waals surface area contributed by atoms with E-state index in [-0.39, 0.29) is 5.91 Å². The molecule has 0 bridgehead atoms. The summed E-state index contributed by atoms with van der Waals surface area (Å²) in [4.78, 5) is 23.8. The Morgan fingerprint density at radius 2 is 0.935 bits per heavy atom. The van der Waals surface area contributed by atoms with Gasteiger partial charge in [0, 0.05) is 22.5 Å². The third kappa shape index (κ3) is 4.62. The topological polar surface area (TPSA) is 98.2 Å². The maximum Gasteiger partial charge on any atom is 0.255 e. The molecule has 31 heavy (non-hydrogen) atoms. The van der Waals surface area contributed by atoms with Crippen molar-refractivity contribution in [3.63, 3.8) is 0 Å². The minimum Gasteiger partial charge on any atom is -0.399 e. The zero-order valence-electron chi connectivity index (χ0n) is 16.7. The highest BCUT2D eigenvalue weighted by atomic mass is 16.2. The Bertz CT molecular complexity index is 1210. The van der Waals surface area contributed by atoms with Crippen molar-refractivity contribution >= 4 is 23.2 Å². The van der Waals surface area contributed by atoms with Gasteiger partial charge in [0.25, 0.3) is 5.91 Å². The Morgan fingerprint density at radius 1 is 0.548 bits per heavy atom. The van der Waals surface area contributed by atoms with Crippen LogP contribution in [0, 0.1) is 0 Å². The number of nitrogens with two attached hydrogens (primary N) is 2. The van der Waals surface area contributed by atoms with Gasteiger partial charge in [0.1, 0.15) is 0 Å². The highest BCUT2D eigenvalue weighted by molar-refractivity contribution is 6.04. The molecule has 0 atom stereocenters. The lowest BCUT2D eigenvalue weighted by Gasteiger charge is -2.08. The minimum absolute atomic E-state index is 0.184. The molecule has 5 N–H and O–H groups in total. The summed E-state index contributed by atoms with van der Waals surface area (Å²) in [7, 11) is 0. The molecule has 0 saturated carbocycles. The first kappa shape index (κ1) is 19.9. The normalized spacial score (nSPS) is 10.5. The molecule has 0 aliphatic rings. The van der Waals surface area contributed by atoms with E-state index in [1.165, 1.54) is 0 Å². The summed E-state index contributed by atoms with van der Waals surface area (Å²) in [5.74, 6) is -0.643. The Balaban J connectivity index is 1.43. The molecule has 0 fully saturated rings. The molecule has 0 unspecified atom stereocenters. The zero-order chi connectivity index (χ0) is 21.8. The van der Waals surface area contributed by atoms with Crippen molar-refractivity contribution in [3.05, 3.63) is 108 Å². The van der Waals surface area contributed by atoms with E-state index >= 15 is 0 Å². The number of carbonyl (C=O) groups excluding carboxylic acids is 2. The van der Waals surface area contributed by atoms with Crippen LogP contribution in [-0.4, -0.2) is 11.8 Å². The summed E-state index contributed by atoms with van der Waals surface area (Å²) < 4.78 is 0. The summed E-state index contributed by atoms with van der Waals surface area (Å²) >= 11 is 0. The second kappa shape index (κ2) is 8.55. The fourth-order valence-corrected chi connectivity index (χ4v) is 3.27. The van der Waals surface area contributed by atoms with Gasteiger partial charge in [-0.25, -0.2) is 0 Å². The SMILES string of the molecule is NC(=O)c1ccc(-c2ccc(C(=O)Nc3ccc(-c4ccc(N)cc4)cc3)cc2)cc1. The molecule has 0 spiro atoms. The molecule has 4 aromatic rings. The van der Waals surface area contributed by atoms with E-state index in [0.29, 0.717) is 11.1 Å². The van der Waals surface area contributed by atoms with Crippen LogP contribution < -0.4 is 16.8 Å². The van der Waals surface area contributed by atoms with Crippen LogP contribution in [0.15, 0.2) is 97.1 Å². The zero-order valence-corrected chi connectivity index (χ0v) is 16.7. The molecule has 2 amide bonds. The van der Waals surface area contributed by atoms with E-state index in [0.717, 1.165) is 33.6 Å². The molecular formula is C26H21N3O2. The smallest absolute Gasteiger partial charge is 0.255 e.